The van der Waals surface area contributed by atoms with E-state index in [1.165, 1.54) is 77.0 Å². The van der Waals surface area contributed by atoms with Crippen LogP contribution in [0.5, 0.6) is 0 Å². The van der Waals surface area contributed by atoms with Crippen LogP contribution in [0.2, 0.25) is 0 Å². The smallest absolute Gasteiger partial charge is 0.311 e. The summed E-state index contributed by atoms with van der Waals surface area (Å²) >= 11 is 0. The number of aliphatic hydroxyl groups excluding tert-OH is 1. The molecule has 0 spiro atoms. The minimum atomic E-state index is -0.411. The molecule has 0 atom stereocenters. The lowest BCUT2D eigenvalue weighted by Gasteiger charge is -2.25. The van der Waals surface area contributed by atoms with E-state index in [4.69, 9.17) is 9.47 Å². The highest BCUT2D eigenvalue weighted by Gasteiger charge is 2.28. The summed E-state index contributed by atoms with van der Waals surface area (Å²) in [6.07, 6.45) is 28.4. The summed E-state index contributed by atoms with van der Waals surface area (Å²) in [5, 5.41) is 9.40. The van der Waals surface area contributed by atoms with Crippen LogP contribution in [0.1, 0.15) is 209 Å². The summed E-state index contributed by atoms with van der Waals surface area (Å²) in [6, 6.07) is 0. The zero-order valence-corrected chi connectivity index (χ0v) is 34.0. The number of ether oxygens (including phenoxy) is 2. The average Bonchev–Trinajstić information content (AvgIpc) is 3.07. The zero-order chi connectivity index (χ0) is 36.6. The van der Waals surface area contributed by atoms with Crippen LogP contribution in [0.3, 0.4) is 0 Å². The largest absolute Gasteiger partial charge is 0.465 e. The van der Waals surface area contributed by atoms with E-state index in [1.54, 1.807) is 0 Å². The minimum absolute atomic E-state index is 0.0178. The molecule has 0 radical (unpaired) electrons. The molecule has 0 aromatic heterocycles. The lowest BCUT2D eigenvalue weighted by atomic mass is 9.87. The van der Waals surface area contributed by atoms with Gasteiger partial charge in [0.1, 0.15) is 0 Å². The van der Waals surface area contributed by atoms with Crippen molar-refractivity contribution in [2.24, 2.45) is 16.7 Å². The van der Waals surface area contributed by atoms with Gasteiger partial charge in [0.2, 0.25) is 0 Å². The molecule has 0 fully saturated rings. The van der Waals surface area contributed by atoms with Gasteiger partial charge in [0.05, 0.1) is 18.6 Å². The van der Waals surface area contributed by atoms with Crippen molar-refractivity contribution < 1.29 is 24.2 Å². The van der Waals surface area contributed by atoms with Crippen molar-refractivity contribution in [3.05, 3.63) is 0 Å². The molecule has 0 rings (SSSR count). The van der Waals surface area contributed by atoms with Crippen molar-refractivity contribution in [1.82, 2.24) is 4.90 Å². The summed E-state index contributed by atoms with van der Waals surface area (Å²) in [6.45, 7) is 19.7. The Balaban J connectivity index is 4.06. The molecule has 0 aliphatic heterocycles. The summed E-state index contributed by atoms with van der Waals surface area (Å²) in [5.41, 5.74) is -0.393. The zero-order valence-electron chi connectivity index (χ0n) is 34.0. The molecule has 49 heavy (non-hydrogen) atoms. The number of rotatable bonds is 36. The van der Waals surface area contributed by atoms with Gasteiger partial charge in [0, 0.05) is 19.6 Å². The number of carbonyl (C=O) groups excluding carboxylic acids is 2. The van der Waals surface area contributed by atoms with Crippen molar-refractivity contribution in [1.29, 1.82) is 0 Å². The molecule has 0 bridgehead atoms. The van der Waals surface area contributed by atoms with Gasteiger partial charge in [-0.2, -0.15) is 0 Å². The van der Waals surface area contributed by atoms with Gasteiger partial charge in [0.25, 0.3) is 0 Å². The van der Waals surface area contributed by atoms with E-state index in [0.717, 1.165) is 103 Å². The molecular formula is C43H85NO5. The van der Waals surface area contributed by atoms with Crippen LogP contribution >= 0.6 is 0 Å². The van der Waals surface area contributed by atoms with Crippen molar-refractivity contribution in [2.45, 2.75) is 209 Å². The number of hydrogen-bond donors (Lipinski definition) is 1. The summed E-state index contributed by atoms with van der Waals surface area (Å²) in [4.78, 5) is 27.4. The van der Waals surface area contributed by atoms with Crippen molar-refractivity contribution >= 4 is 11.9 Å². The summed E-state index contributed by atoms with van der Waals surface area (Å²) < 4.78 is 11.3. The monoisotopic (exact) mass is 696 g/mol. The first-order valence-corrected chi connectivity index (χ1v) is 21.2. The van der Waals surface area contributed by atoms with Crippen LogP contribution < -0.4 is 0 Å². The molecule has 0 aliphatic rings. The van der Waals surface area contributed by atoms with E-state index >= 15 is 0 Å². The maximum absolute atomic E-state index is 12.7. The van der Waals surface area contributed by atoms with Crippen molar-refractivity contribution in [3.8, 4) is 0 Å². The van der Waals surface area contributed by atoms with Gasteiger partial charge >= 0.3 is 11.9 Å². The SMILES string of the molecule is CCCCCCCCCC(=O)OCC(C)(C)CCCCCN(CCCO)CCCCCCC(C)(C)C(=O)OCCCCCCC(CC)CC. The Labute approximate surface area is 305 Å². The fourth-order valence-corrected chi connectivity index (χ4v) is 6.70. The van der Waals surface area contributed by atoms with Crippen LogP contribution in [-0.2, 0) is 19.1 Å². The molecule has 0 unspecified atom stereocenters. The molecule has 6 nitrogen and oxygen atoms in total. The van der Waals surface area contributed by atoms with Crippen LogP contribution in [0, 0.1) is 16.7 Å². The topological polar surface area (TPSA) is 76.1 Å². The maximum atomic E-state index is 12.7. The Morgan fingerprint density at radius 2 is 1.14 bits per heavy atom. The highest BCUT2D eigenvalue weighted by atomic mass is 16.5. The van der Waals surface area contributed by atoms with Gasteiger partial charge in [-0.25, -0.2) is 0 Å². The van der Waals surface area contributed by atoms with Crippen LogP contribution in [0.4, 0.5) is 0 Å². The molecule has 0 aromatic rings. The Morgan fingerprint density at radius 3 is 1.80 bits per heavy atom. The Hall–Kier alpha value is -1.14. The summed E-state index contributed by atoms with van der Waals surface area (Å²) in [5.74, 6) is 0.799. The standard InChI is InChI=1S/C43H85NO5/c1-8-11-12-13-14-15-22-30-40(46)49-38-42(4,5)31-23-20-26-34-44(35-28-36-45)33-25-18-17-24-32-43(6,7)41(47)48-37-27-19-16-21-29-39(9-2)10-3/h39,45H,8-38H2,1-7H3. The molecule has 6 heteroatoms. The highest BCUT2D eigenvalue weighted by molar-refractivity contribution is 5.75. The lowest BCUT2D eigenvalue weighted by molar-refractivity contribution is -0.154. The molecule has 0 saturated heterocycles. The molecule has 1 N–H and O–H groups in total. The third-order valence-electron chi connectivity index (χ3n) is 10.5. The van der Waals surface area contributed by atoms with Crippen molar-refractivity contribution in [2.75, 3.05) is 39.5 Å². The number of hydrogen-bond acceptors (Lipinski definition) is 6. The predicted molar refractivity (Wildman–Crippen MR) is 209 cm³/mol. The third kappa shape index (κ3) is 29.2. The quantitative estimate of drug-likeness (QED) is 0.0519. The second-order valence-electron chi connectivity index (χ2n) is 16.5. The number of aliphatic hydroxyl groups is 1. The summed E-state index contributed by atoms with van der Waals surface area (Å²) in [7, 11) is 0. The second kappa shape index (κ2) is 31.6. The Kier molecular flexibility index (Phi) is 30.8. The van der Waals surface area contributed by atoms with E-state index in [9.17, 15) is 14.7 Å². The Morgan fingerprint density at radius 1 is 0.612 bits per heavy atom. The first kappa shape index (κ1) is 47.9. The van der Waals surface area contributed by atoms with E-state index in [1.807, 2.05) is 13.8 Å². The van der Waals surface area contributed by atoms with Gasteiger partial charge in [-0.15, -0.1) is 0 Å². The van der Waals surface area contributed by atoms with Crippen LogP contribution in [-0.4, -0.2) is 61.4 Å². The molecule has 0 aliphatic carbocycles. The maximum Gasteiger partial charge on any atom is 0.311 e. The van der Waals surface area contributed by atoms with Gasteiger partial charge in [-0.1, -0.05) is 144 Å². The first-order chi connectivity index (χ1) is 23.5. The van der Waals surface area contributed by atoms with Gasteiger partial charge in [-0.05, 0) is 83.2 Å². The van der Waals surface area contributed by atoms with Gasteiger partial charge < -0.3 is 19.5 Å². The van der Waals surface area contributed by atoms with E-state index in [2.05, 4.69) is 39.5 Å². The van der Waals surface area contributed by atoms with Crippen LogP contribution in [0.25, 0.3) is 0 Å². The molecule has 292 valence electrons. The molecule has 0 saturated carbocycles. The molecule has 0 heterocycles. The minimum Gasteiger partial charge on any atom is -0.465 e. The number of carbonyl (C=O) groups is 2. The number of unbranched alkanes of at least 4 members (excludes halogenated alkanes) is 14. The van der Waals surface area contributed by atoms with E-state index in [0.29, 0.717) is 19.6 Å². The molecule has 0 amide bonds. The lowest BCUT2D eigenvalue weighted by Crippen LogP contribution is -2.28. The van der Waals surface area contributed by atoms with Crippen molar-refractivity contribution in [3.63, 3.8) is 0 Å². The second-order valence-corrected chi connectivity index (χ2v) is 16.5. The van der Waals surface area contributed by atoms with Gasteiger partial charge in [0.15, 0.2) is 0 Å². The fourth-order valence-electron chi connectivity index (χ4n) is 6.70. The molecular weight excluding hydrogens is 610 g/mol. The Bertz CT molecular complexity index is 763. The average molecular weight is 696 g/mol. The van der Waals surface area contributed by atoms with Crippen LogP contribution in [0.15, 0.2) is 0 Å². The third-order valence-corrected chi connectivity index (χ3v) is 10.5. The first-order valence-electron chi connectivity index (χ1n) is 21.2. The van der Waals surface area contributed by atoms with E-state index in [-0.39, 0.29) is 24.0 Å². The number of esters is 2. The molecule has 0 aromatic carbocycles. The fraction of sp³-hybridized carbons (Fsp3) is 0.953. The van der Waals surface area contributed by atoms with E-state index < -0.39 is 5.41 Å². The highest BCUT2D eigenvalue weighted by Crippen LogP contribution is 2.27. The van der Waals surface area contributed by atoms with Gasteiger partial charge in [-0.3, -0.25) is 9.59 Å². The number of nitrogens with zero attached hydrogens (tertiary/aromatic N) is 1. The normalized spacial score (nSPS) is 12.3. The predicted octanol–water partition coefficient (Wildman–Crippen LogP) is 11.8.